The van der Waals surface area contributed by atoms with Crippen LogP contribution < -0.4 is 10.2 Å². The van der Waals surface area contributed by atoms with E-state index in [1.165, 1.54) is 0 Å². The van der Waals surface area contributed by atoms with E-state index in [1.807, 2.05) is 32.9 Å². The number of carbonyl (C=O) groups excluding carboxylic acids is 2. The normalized spacial score (nSPS) is 17.6. The van der Waals surface area contributed by atoms with Crippen molar-refractivity contribution < 1.29 is 14.3 Å². The van der Waals surface area contributed by atoms with Crippen LogP contribution >= 0.6 is 11.6 Å². The summed E-state index contributed by atoms with van der Waals surface area (Å²) in [6.07, 6.45) is 1.20. The molecule has 132 valence electrons. The Hall–Kier alpha value is -1.59. The molecular weight excluding hydrogens is 328 g/mol. The number of rotatable bonds is 7. The van der Waals surface area contributed by atoms with Crippen LogP contribution in [0.3, 0.4) is 0 Å². The number of nitrogens with one attached hydrogen (secondary N) is 1. The third-order valence-electron chi connectivity index (χ3n) is 4.03. The molecule has 2 rings (SSSR count). The van der Waals surface area contributed by atoms with Crippen LogP contribution in [-0.4, -0.2) is 37.6 Å². The van der Waals surface area contributed by atoms with Crippen LogP contribution in [0.2, 0.25) is 5.02 Å². The Balaban J connectivity index is 1.85. The SMILES string of the molecule is Cc1ccc(N2CC(C(=O)NCCCOC(C)C)CC2=O)cc1Cl. The zero-order valence-corrected chi connectivity index (χ0v) is 15.2. The summed E-state index contributed by atoms with van der Waals surface area (Å²) >= 11 is 6.13. The van der Waals surface area contributed by atoms with Crippen LogP contribution in [0.5, 0.6) is 0 Å². The molecule has 0 spiro atoms. The molecule has 1 aliphatic heterocycles. The molecule has 2 amide bonds. The smallest absolute Gasteiger partial charge is 0.227 e. The minimum Gasteiger partial charge on any atom is -0.379 e. The van der Waals surface area contributed by atoms with Crippen LogP contribution in [0, 0.1) is 12.8 Å². The molecule has 1 heterocycles. The van der Waals surface area contributed by atoms with Crippen molar-refractivity contribution in [1.82, 2.24) is 5.32 Å². The van der Waals surface area contributed by atoms with E-state index in [-0.39, 0.29) is 30.3 Å². The number of nitrogens with zero attached hydrogens (tertiary/aromatic N) is 1. The Labute approximate surface area is 148 Å². The van der Waals surface area contributed by atoms with E-state index in [9.17, 15) is 9.59 Å². The fourth-order valence-corrected chi connectivity index (χ4v) is 2.80. The highest BCUT2D eigenvalue weighted by Crippen LogP contribution is 2.28. The summed E-state index contributed by atoms with van der Waals surface area (Å²) in [5, 5.41) is 3.51. The van der Waals surface area contributed by atoms with Gasteiger partial charge in [-0.15, -0.1) is 0 Å². The minimum atomic E-state index is -0.316. The molecule has 1 unspecified atom stereocenters. The van der Waals surface area contributed by atoms with Crippen molar-refractivity contribution in [3.05, 3.63) is 28.8 Å². The predicted molar refractivity (Wildman–Crippen MR) is 95.4 cm³/mol. The topological polar surface area (TPSA) is 58.6 Å². The van der Waals surface area contributed by atoms with Gasteiger partial charge in [-0.05, 0) is 44.9 Å². The third kappa shape index (κ3) is 4.95. The Morgan fingerprint density at radius 2 is 2.21 bits per heavy atom. The number of carbonyl (C=O) groups is 2. The molecule has 1 aromatic rings. The Kier molecular flexibility index (Phi) is 6.63. The summed E-state index contributed by atoms with van der Waals surface area (Å²) in [5.74, 6) is -0.435. The number of ether oxygens (including phenoxy) is 1. The van der Waals surface area contributed by atoms with Crippen molar-refractivity contribution in [3.8, 4) is 0 Å². The second-order valence-corrected chi connectivity index (χ2v) is 6.81. The van der Waals surface area contributed by atoms with Crippen molar-refractivity contribution in [2.24, 2.45) is 5.92 Å². The van der Waals surface area contributed by atoms with E-state index in [1.54, 1.807) is 11.0 Å². The highest BCUT2D eigenvalue weighted by Gasteiger charge is 2.35. The summed E-state index contributed by atoms with van der Waals surface area (Å²) in [6.45, 7) is 7.45. The van der Waals surface area contributed by atoms with Gasteiger partial charge in [-0.1, -0.05) is 17.7 Å². The van der Waals surface area contributed by atoms with Gasteiger partial charge >= 0.3 is 0 Å². The molecule has 5 nitrogen and oxygen atoms in total. The Bertz CT molecular complexity index is 604. The number of halogens is 1. The minimum absolute atomic E-state index is 0.0433. The summed E-state index contributed by atoms with van der Waals surface area (Å²) in [7, 11) is 0. The van der Waals surface area contributed by atoms with Gasteiger partial charge in [-0.2, -0.15) is 0 Å². The Morgan fingerprint density at radius 3 is 2.88 bits per heavy atom. The van der Waals surface area contributed by atoms with Gasteiger partial charge in [-0.3, -0.25) is 9.59 Å². The predicted octanol–water partition coefficient (Wildman–Crippen LogP) is 2.93. The number of hydrogen-bond donors (Lipinski definition) is 1. The van der Waals surface area contributed by atoms with Crippen molar-refractivity contribution in [2.45, 2.75) is 39.7 Å². The first-order valence-electron chi connectivity index (χ1n) is 8.34. The lowest BCUT2D eigenvalue weighted by molar-refractivity contribution is -0.126. The number of amides is 2. The van der Waals surface area contributed by atoms with Gasteiger partial charge in [0, 0.05) is 36.8 Å². The first kappa shape index (κ1) is 18.7. The van der Waals surface area contributed by atoms with Gasteiger partial charge in [0.05, 0.1) is 12.0 Å². The molecule has 1 saturated heterocycles. The largest absolute Gasteiger partial charge is 0.379 e. The number of aryl methyl sites for hydroxylation is 1. The average molecular weight is 353 g/mol. The summed E-state index contributed by atoms with van der Waals surface area (Å²) in [4.78, 5) is 26.1. The van der Waals surface area contributed by atoms with Crippen molar-refractivity contribution >= 4 is 29.1 Å². The van der Waals surface area contributed by atoms with Crippen LogP contribution in [0.25, 0.3) is 0 Å². The van der Waals surface area contributed by atoms with Crippen LogP contribution in [0.1, 0.15) is 32.3 Å². The molecule has 0 bridgehead atoms. The molecule has 24 heavy (non-hydrogen) atoms. The molecule has 0 radical (unpaired) electrons. The van der Waals surface area contributed by atoms with E-state index in [0.29, 0.717) is 24.7 Å². The van der Waals surface area contributed by atoms with Gasteiger partial charge in [0.2, 0.25) is 11.8 Å². The number of anilines is 1. The van der Waals surface area contributed by atoms with Crippen LogP contribution in [-0.2, 0) is 14.3 Å². The quantitative estimate of drug-likeness (QED) is 0.767. The molecule has 6 heteroatoms. The molecule has 1 aliphatic rings. The lowest BCUT2D eigenvalue weighted by atomic mass is 10.1. The third-order valence-corrected chi connectivity index (χ3v) is 4.44. The van der Waals surface area contributed by atoms with Gasteiger partial charge in [0.15, 0.2) is 0 Å². The van der Waals surface area contributed by atoms with Crippen LogP contribution in [0.15, 0.2) is 18.2 Å². The number of hydrogen-bond acceptors (Lipinski definition) is 3. The van der Waals surface area contributed by atoms with Gasteiger partial charge in [0.1, 0.15) is 0 Å². The van der Waals surface area contributed by atoms with Crippen molar-refractivity contribution in [3.63, 3.8) is 0 Å². The summed E-state index contributed by atoms with van der Waals surface area (Å²) in [5.41, 5.74) is 1.71. The Morgan fingerprint density at radius 1 is 1.46 bits per heavy atom. The van der Waals surface area contributed by atoms with Crippen LogP contribution in [0.4, 0.5) is 5.69 Å². The molecule has 1 fully saturated rings. The molecular formula is C18H25ClN2O3. The lowest BCUT2D eigenvalue weighted by Crippen LogP contribution is -2.34. The zero-order valence-electron chi connectivity index (χ0n) is 14.5. The van der Waals surface area contributed by atoms with Crippen molar-refractivity contribution in [2.75, 3.05) is 24.6 Å². The molecule has 1 aromatic carbocycles. The first-order valence-corrected chi connectivity index (χ1v) is 8.72. The standard InChI is InChI=1S/C18H25ClN2O3/c1-12(2)24-8-4-7-20-18(23)14-9-17(22)21(11-14)15-6-5-13(3)16(19)10-15/h5-6,10,12,14H,4,7-9,11H2,1-3H3,(H,20,23). The van der Waals surface area contributed by atoms with Gasteiger partial charge in [-0.25, -0.2) is 0 Å². The van der Waals surface area contributed by atoms with Gasteiger partial charge < -0.3 is 15.0 Å². The fourth-order valence-electron chi connectivity index (χ4n) is 2.63. The first-order chi connectivity index (χ1) is 11.4. The number of benzene rings is 1. The summed E-state index contributed by atoms with van der Waals surface area (Å²) in [6, 6.07) is 5.52. The monoisotopic (exact) mass is 352 g/mol. The van der Waals surface area contributed by atoms with E-state index in [0.717, 1.165) is 17.7 Å². The highest BCUT2D eigenvalue weighted by atomic mass is 35.5. The highest BCUT2D eigenvalue weighted by molar-refractivity contribution is 6.31. The van der Waals surface area contributed by atoms with E-state index >= 15 is 0 Å². The molecule has 0 aliphatic carbocycles. The fraction of sp³-hybridized carbons (Fsp3) is 0.556. The second-order valence-electron chi connectivity index (χ2n) is 6.40. The molecule has 1 atom stereocenters. The molecule has 0 aromatic heterocycles. The summed E-state index contributed by atoms with van der Waals surface area (Å²) < 4.78 is 5.44. The maximum atomic E-state index is 12.2. The second kappa shape index (κ2) is 8.49. The molecule has 1 N–H and O–H groups in total. The van der Waals surface area contributed by atoms with E-state index < -0.39 is 0 Å². The average Bonchev–Trinajstić information content (AvgIpc) is 2.91. The van der Waals surface area contributed by atoms with E-state index in [4.69, 9.17) is 16.3 Å². The maximum Gasteiger partial charge on any atom is 0.227 e. The zero-order chi connectivity index (χ0) is 17.7. The van der Waals surface area contributed by atoms with Gasteiger partial charge in [0.25, 0.3) is 0 Å². The van der Waals surface area contributed by atoms with E-state index in [2.05, 4.69) is 5.32 Å². The lowest BCUT2D eigenvalue weighted by Gasteiger charge is -2.17. The maximum absolute atomic E-state index is 12.2. The van der Waals surface area contributed by atoms with Crippen molar-refractivity contribution in [1.29, 1.82) is 0 Å². The molecule has 0 saturated carbocycles.